The van der Waals surface area contributed by atoms with E-state index in [1.54, 1.807) is 0 Å². The summed E-state index contributed by atoms with van der Waals surface area (Å²) in [5.41, 5.74) is -0.340. The Morgan fingerprint density at radius 1 is 1.24 bits per heavy atom. The lowest BCUT2D eigenvalue weighted by molar-refractivity contribution is 0.0172. The minimum Gasteiger partial charge on any atom is -0.207 e. The number of benzene rings is 1. The maximum absolute atomic E-state index is 13.2. The summed E-state index contributed by atoms with van der Waals surface area (Å²) in [6.07, 6.45) is 0. The van der Waals surface area contributed by atoms with Gasteiger partial charge in [0, 0.05) is 31.1 Å². The highest BCUT2D eigenvalue weighted by Crippen LogP contribution is 2.31. The van der Waals surface area contributed by atoms with Crippen LogP contribution in [-0.2, 0) is 15.9 Å². The van der Waals surface area contributed by atoms with Gasteiger partial charge in [0.1, 0.15) is 0 Å². The van der Waals surface area contributed by atoms with Gasteiger partial charge in [0.15, 0.2) is 0 Å². The molecule has 0 amide bonds. The quantitative estimate of drug-likeness (QED) is 0.856. The van der Waals surface area contributed by atoms with Crippen LogP contribution in [0.15, 0.2) is 27.6 Å². The third-order valence-electron chi connectivity index (χ3n) is 2.16. The number of hydrogen-bond donors (Lipinski definition) is 0. The van der Waals surface area contributed by atoms with Crippen LogP contribution in [0.2, 0.25) is 0 Å². The van der Waals surface area contributed by atoms with Crippen LogP contribution in [0.1, 0.15) is 12.5 Å². The number of alkyl halides is 2. The fourth-order valence-corrected chi connectivity index (χ4v) is 2.79. The van der Waals surface area contributed by atoms with E-state index in [-0.39, 0.29) is 10.5 Å². The van der Waals surface area contributed by atoms with Crippen LogP contribution < -0.4 is 0 Å². The van der Waals surface area contributed by atoms with Crippen molar-refractivity contribution < 1.29 is 17.2 Å². The largest absolute Gasteiger partial charge is 0.270 e. The molecule has 1 rings (SSSR count). The van der Waals surface area contributed by atoms with Crippen LogP contribution in [-0.4, -0.2) is 26.8 Å². The highest BCUT2D eigenvalue weighted by molar-refractivity contribution is 9.10. The Hall–Kier alpha value is -0.530. The SMILES string of the molecule is CN(C)S(=O)(=O)c1cc(Br)cc(C(C)(F)F)c1. The zero-order valence-electron chi connectivity index (χ0n) is 9.54. The molecule has 1 aromatic carbocycles. The van der Waals surface area contributed by atoms with Gasteiger partial charge in [-0.15, -0.1) is 0 Å². The van der Waals surface area contributed by atoms with Crippen molar-refractivity contribution in [1.29, 1.82) is 0 Å². The predicted molar refractivity (Wildman–Crippen MR) is 64.6 cm³/mol. The molecule has 1 aromatic rings. The first-order chi connectivity index (χ1) is 7.55. The number of rotatable bonds is 3. The van der Waals surface area contributed by atoms with E-state index in [1.165, 1.54) is 26.2 Å². The first kappa shape index (κ1) is 14.5. The van der Waals surface area contributed by atoms with E-state index in [0.717, 1.165) is 17.3 Å². The van der Waals surface area contributed by atoms with E-state index in [1.807, 2.05) is 0 Å². The highest BCUT2D eigenvalue weighted by Gasteiger charge is 2.27. The molecule has 0 atom stereocenters. The number of sulfonamides is 1. The summed E-state index contributed by atoms with van der Waals surface area (Å²) in [5, 5.41) is 0. The average molecular weight is 328 g/mol. The molecule has 7 heteroatoms. The maximum Gasteiger partial charge on any atom is 0.270 e. The molecular weight excluding hydrogens is 316 g/mol. The summed E-state index contributed by atoms with van der Waals surface area (Å²) in [7, 11) is -1.02. The van der Waals surface area contributed by atoms with Crippen molar-refractivity contribution in [1.82, 2.24) is 4.31 Å². The standard InChI is InChI=1S/C10H12BrF2NO2S/c1-10(12,13)7-4-8(11)6-9(5-7)17(15,16)14(2)3/h4-6H,1-3H3. The fraction of sp³-hybridized carbons (Fsp3) is 0.400. The number of nitrogens with zero attached hydrogens (tertiary/aromatic N) is 1. The van der Waals surface area contributed by atoms with Gasteiger partial charge in [0.05, 0.1) is 4.90 Å². The second-order valence-electron chi connectivity index (χ2n) is 3.85. The van der Waals surface area contributed by atoms with Crippen molar-refractivity contribution >= 4 is 26.0 Å². The van der Waals surface area contributed by atoms with Crippen LogP contribution in [0, 0.1) is 0 Å². The lowest BCUT2D eigenvalue weighted by atomic mass is 10.1. The Morgan fingerprint density at radius 2 is 1.76 bits per heavy atom. The van der Waals surface area contributed by atoms with Gasteiger partial charge in [-0.05, 0) is 18.2 Å². The zero-order valence-corrected chi connectivity index (χ0v) is 11.9. The van der Waals surface area contributed by atoms with Gasteiger partial charge in [0.25, 0.3) is 5.92 Å². The fourth-order valence-electron chi connectivity index (χ4n) is 1.18. The Bertz CT molecular complexity index is 524. The molecule has 0 aliphatic rings. The average Bonchev–Trinajstić information content (AvgIpc) is 2.15. The van der Waals surface area contributed by atoms with E-state index >= 15 is 0 Å². The summed E-state index contributed by atoms with van der Waals surface area (Å²) in [6.45, 7) is 0.723. The second-order valence-corrected chi connectivity index (χ2v) is 6.92. The van der Waals surface area contributed by atoms with Crippen molar-refractivity contribution in [3.8, 4) is 0 Å². The molecule has 0 aliphatic heterocycles. The second kappa shape index (κ2) is 4.62. The Morgan fingerprint density at radius 3 is 2.18 bits per heavy atom. The smallest absolute Gasteiger partial charge is 0.207 e. The van der Waals surface area contributed by atoms with Gasteiger partial charge in [-0.1, -0.05) is 15.9 Å². The minimum atomic E-state index is -3.71. The minimum absolute atomic E-state index is 0.159. The molecule has 0 saturated heterocycles. The van der Waals surface area contributed by atoms with Crippen LogP contribution >= 0.6 is 15.9 Å². The lowest BCUT2D eigenvalue weighted by Gasteiger charge is -2.15. The van der Waals surface area contributed by atoms with Crippen molar-refractivity contribution in [2.75, 3.05) is 14.1 Å². The van der Waals surface area contributed by atoms with Gasteiger partial charge in [-0.3, -0.25) is 0 Å². The van der Waals surface area contributed by atoms with Gasteiger partial charge in [0.2, 0.25) is 10.0 Å². The van der Waals surface area contributed by atoms with E-state index in [2.05, 4.69) is 15.9 Å². The van der Waals surface area contributed by atoms with Crippen LogP contribution in [0.25, 0.3) is 0 Å². The molecule has 17 heavy (non-hydrogen) atoms. The van der Waals surface area contributed by atoms with Gasteiger partial charge in [-0.25, -0.2) is 21.5 Å². The van der Waals surface area contributed by atoms with Crippen molar-refractivity contribution in [3.05, 3.63) is 28.2 Å². The zero-order chi connectivity index (χ0) is 13.4. The van der Waals surface area contributed by atoms with Gasteiger partial charge < -0.3 is 0 Å². The third kappa shape index (κ3) is 3.23. The van der Waals surface area contributed by atoms with Gasteiger partial charge >= 0.3 is 0 Å². The summed E-state index contributed by atoms with van der Waals surface area (Å²) >= 11 is 3.03. The molecule has 0 N–H and O–H groups in total. The molecule has 0 aliphatic carbocycles. The molecular formula is C10H12BrF2NO2S. The van der Waals surface area contributed by atoms with E-state index in [9.17, 15) is 17.2 Å². The molecule has 0 bridgehead atoms. The van der Waals surface area contributed by atoms with E-state index in [4.69, 9.17) is 0 Å². The number of halogens is 3. The Kier molecular flexibility index (Phi) is 3.95. The molecule has 0 spiro atoms. The number of hydrogen-bond acceptors (Lipinski definition) is 2. The Labute approximate surface area is 108 Å². The van der Waals surface area contributed by atoms with Gasteiger partial charge in [-0.2, -0.15) is 0 Å². The normalized spacial score (nSPS) is 13.1. The first-order valence-electron chi connectivity index (χ1n) is 4.66. The predicted octanol–water partition coefficient (Wildman–Crippen LogP) is 2.81. The molecule has 0 saturated carbocycles. The molecule has 0 fully saturated rings. The highest BCUT2D eigenvalue weighted by atomic mass is 79.9. The first-order valence-corrected chi connectivity index (χ1v) is 6.90. The molecule has 0 radical (unpaired) electrons. The Balaban J connectivity index is 3.44. The monoisotopic (exact) mass is 327 g/mol. The van der Waals surface area contributed by atoms with E-state index in [0.29, 0.717) is 4.47 Å². The van der Waals surface area contributed by atoms with Crippen molar-refractivity contribution in [2.24, 2.45) is 0 Å². The third-order valence-corrected chi connectivity index (χ3v) is 4.41. The van der Waals surface area contributed by atoms with Crippen LogP contribution in [0.5, 0.6) is 0 Å². The summed E-state index contributed by atoms with van der Waals surface area (Å²) in [4.78, 5) is -0.159. The molecule has 0 aromatic heterocycles. The summed E-state index contributed by atoms with van der Waals surface area (Å²) in [6, 6.07) is 3.49. The van der Waals surface area contributed by atoms with Crippen molar-refractivity contribution in [3.63, 3.8) is 0 Å². The van der Waals surface area contributed by atoms with Crippen LogP contribution in [0.3, 0.4) is 0 Å². The van der Waals surface area contributed by atoms with E-state index < -0.39 is 15.9 Å². The molecule has 0 heterocycles. The summed E-state index contributed by atoms with van der Waals surface area (Å²) in [5.74, 6) is -3.08. The molecule has 96 valence electrons. The summed E-state index contributed by atoms with van der Waals surface area (Å²) < 4.78 is 51.3. The topological polar surface area (TPSA) is 37.4 Å². The lowest BCUT2D eigenvalue weighted by Crippen LogP contribution is -2.22. The molecule has 0 unspecified atom stereocenters. The van der Waals surface area contributed by atoms with Crippen LogP contribution in [0.4, 0.5) is 8.78 Å². The van der Waals surface area contributed by atoms with Crippen molar-refractivity contribution in [2.45, 2.75) is 17.7 Å². The molecule has 3 nitrogen and oxygen atoms in total. The maximum atomic E-state index is 13.2.